The number of aliphatic hydroxyl groups excluding tert-OH is 2. The van der Waals surface area contributed by atoms with Crippen LogP contribution in [0.1, 0.15) is 23.7 Å². The van der Waals surface area contributed by atoms with Crippen molar-refractivity contribution in [3.63, 3.8) is 0 Å². The van der Waals surface area contributed by atoms with E-state index in [1.54, 1.807) is 0 Å². The van der Waals surface area contributed by atoms with E-state index in [2.05, 4.69) is 15.9 Å². The van der Waals surface area contributed by atoms with Crippen LogP contribution >= 0.6 is 27.5 Å². The molecule has 102 valence electrons. The molecule has 0 radical (unpaired) electrons. The highest BCUT2D eigenvalue weighted by Crippen LogP contribution is 2.36. The number of hydrogen-bond donors (Lipinski definition) is 2. The van der Waals surface area contributed by atoms with E-state index >= 15 is 0 Å². The first-order valence-corrected chi connectivity index (χ1v) is 6.56. The van der Waals surface area contributed by atoms with Gasteiger partial charge in [0.15, 0.2) is 0 Å². The van der Waals surface area contributed by atoms with E-state index in [4.69, 9.17) is 11.6 Å². The van der Waals surface area contributed by atoms with Crippen LogP contribution in [0.25, 0.3) is 0 Å². The summed E-state index contributed by atoms with van der Waals surface area (Å²) in [6.45, 7) is 0. The summed E-state index contributed by atoms with van der Waals surface area (Å²) in [4.78, 5) is 0. The van der Waals surface area contributed by atoms with Gasteiger partial charge in [-0.25, -0.2) is 0 Å². The molecule has 0 amide bonds. The summed E-state index contributed by atoms with van der Waals surface area (Å²) in [6.07, 6.45) is -6.58. The van der Waals surface area contributed by atoms with Gasteiger partial charge in [0, 0.05) is 5.33 Å². The Labute approximate surface area is 116 Å². The molecule has 0 heterocycles. The smallest absolute Gasteiger partial charge is 0.390 e. The molecule has 0 bridgehead atoms. The molecule has 0 aliphatic heterocycles. The van der Waals surface area contributed by atoms with Crippen LogP contribution in [0, 0.1) is 0 Å². The number of hydrogen-bond acceptors (Lipinski definition) is 2. The second kappa shape index (κ2) is 6.23. The molecular formula is C11H11BrClF3O2. The lowest BCUT2D eigenvalue weighted by Gasteiger charge is -2.18. The first-order valence-electron chi connectivity index (χ1n) is 5.06. The lowest BCUT2D eigenvalue weighted by Crippen LogP contribution is -2.19. The van der Waals surface area contributed by atoms with Gasteiger partial charge in [0.2, 0.25) is 0 Å². The van der Waals surface area contributed by atoms with Crippen LogP contribution in [0.2, 0.25) is 5.02 Å². The van der Waals surface area contributed by atoms with Crippen molar-refractivity contribution < 1.29 is 23.4 Å². The third-order valence-electron chi connectivity index (χ3n) is 2.41. The van der Waals surface area contributed by atoms with Gasteiger partial charge in [-0.05, 0) is 24.1 Å². The summed E-state index contributed by atoms with van der Waals surface area (Å²) in [7, 11) is 0. The largest absolute Gasteiger partial charge is 0.417 e. The first kappa shape index (κ1) is 15.8. The zero-order chi connectivity index (χ0) is 13.9. The maximum Gasteiger partial charge on any atom is 0.417 e. The fourth-order valence-corrected chi connectivity index (χ4v) is 2.20. The van der Waals surface area contributed by atoms with Gasteiger partial charge >= 0.3 is 6.18 Å². The fourth-order valence-electron chi connectivity index (χ4n) is 1.44. The molecule has 0 aromatic heterocycles. The summed E-state index contributed by atoms with van der Waals surface area (Å²) >= 11 is 8.61. The normalized spacial score (nSPS) is 15.5. The number of rotatable bonds is 4. The SMILES string of the molecule is OC(CCBr)C(O)c1ccc(C(F)(F)F)c(Cl)c1. The summed E-state index contributed by atoms with van der Waals surface area (Å²) in [5, 5.41) is 19.2. The summed E-state index contributed by atoms with van der Waals surface area (Å²) in [6, 6.07) is 2.92. The summed E-state index contributed by atoms with van der Waals surface area (Å²) in [5.74, 6) is 0. The van der Waals surface area contributed by atoms with Gasteiger partial charge in [0.25, 0.3) is 0 Å². The van der Waals surface area contributed by atoms with Crippen molar-refractivity contribution in [2.24, 2.45) is 0 Å². The Morgan fingerprint density at radius 2 is 1.89 bits per heavy atom. The van der Waals surface area contributed by atoms with E-state index in [-0.39, 0.29) is 12.0 Å². The third kappa shape index (κ3) is 3.85. The first-order chi connectivity index (χ1) is 8.27. The lowest BCUT2D eigenvalue weighted by molar-refractivity contribution is -0.137. The molecule has 0 saturated heterocycles. The molecular weight excluding hydrogens is 336 g/mol. The quantitative estimate of drug-likeness (QED) is 0.818. The van der Waals surface area contributed by atoms with Crippen molar-refractivity contribution >= 4 is 27.5 Å². The van der Waals surface area contributed by atoms with Crippen molar-refractivity contribution in [3.8, 4) is 0 Å². The lowest BCUT2D eigenvalue weighted by atomic mass is 10.0. The van der Waals surface area contributed by atoms with Crippen molar-refractivity contribution in [2.75, 3.05) is 5.33 Å². The molecule has 0 aliphatic rings. The number of benzene rings is 1. The highest BCUT2D eigenvalue weighted by molar-refractivity contribution is 9.09. The van der Waals surface area contributed by atoms with Crippen molar-refractivity contribution in [3.05, 3.63) is 34.3 Å². The molecule has 2 nitrogen and oxygen atoms in total. The van der Waals surface area contributed by atoms with Gasteiger partial charge in [-0.1, -0.05) is 33.6 Å². The Kier molecular flexibility index (Phi) is 5.46. The Hall–Kier alpha value is -0.300. The molecule has 0 saturated carbocycles. The maximum absolute atomic E-state index is 12.5. The molecule has 1 aromatic rings. The molecule has 0 fully saturated rings. The topological polar surface area (TPSA) is 40.5 Å². The van der Waals surface area contributed by atoms with Crippen LogP contribution in [0.5, 0.6) is 0 Å². The van der Waals surface area contributed by atoms with Gasteiger partial charge in [-0.3, -0.25) is 0 Å². The standard InChI is InChI=1S/C11H11BrClF3O2/c12-4-3-9(17)10(18)6-1-2-7(8(13)5-6)11(14,15)16/h1-2,5,9-10,17-18H,3-4H2. The molecule has 18 heavy (non-hydrogen) atoms. The van der Waals surface area contributed by atoms with Crippen LogP contribution in [0.4, 0.5) is 13.2 Å². The minimum absolute atomic E-state index is 0.154. The molecule has 1 rings (SSSR count). The molecule has 2 atom stereocenters. The third-order valence-corrected chi connectivity index (χ3v) is 3.18. The minimum atomic E-state index is -4.53. The average Bonchev–Trinajstić information content (AvgIpc) is 2.26. The predicted molar refractivity (Wildman–Crippen MR) is 65.8 cm³/mol. The number of aliphatic hydroxyl groups is 2. The molecule has 7 heteroatoms. The Bertz CT molecular complexity index is 412. The Morgan fingerprint density at radius 1 is 1.28 bits per heavy atom. The Morgan fingerprint density at radius 3 is 2.33 bits per heavy atom. The number of halogens is 5. The second-order valence-electron chi connectivity index (χ2n) is 3.73. The van der Waals surface area contributed by atoms with E-state index in [1.165, 1.54) is 0 Å². The monoisotopic (exact) mass is 346 g/mol. The molecule has 0 aliphatic carbocycles. The van der Waals surface area contributed by atoms with Crippen LogP contribution in [0.3, 0.4) is 0 Å². The van der Waals surface area contributed by atoms with Crippen LogP contribution in [0.15, 0.2) is 18.2 Å². The highest BCUT2D eigenvalue weighted by Gasteiger charge is 2.33. The van der Waals surface area contributed by atoms with E-state index in [0.29, 0.717) is 5.33 Å². The van der Waals surface area contributed by atoms with Crippen molar-refractivity contribution in [1.29, 1.82) is 0 Å². The zero-order valence-corrected chi connectivity index (χ0v) is 11.4. The molecule has 2 unspecified atom stereocenters. The summed E-state index contributed by atoms with van der Waals surface area (Å²) in [5.41, 5.74) is -0.809. The highest BCUT2D eigenvalue weighted by atomic mass is 79.9. The molecule has 1 aromatic carbocycles. The fraction of sp³-hybridized carbons (Fsp3) is 0.455. The predicted octanol–water partition coefficient (Wildman–Crippen LogP) is 3.54. The number of alkyl halides is 4. The van der Waals surface area contributed by atoms with Gasteiger partial charge in [-0.15, -0.1) is 0 Å². The summed E-state index contributed by atoms with van der Waals surface area (Å²) < 4.78 is 37.4. The zero-order valence-electron chi connectivity index (χ0n) is 9.09. The van der Waals surface area contributed by atoms with E-state index in [9.17, 15) is 23.4 Å². The van der Waals surface area contributed by atoms with Crippen LogP contribution < -0.4 is 0 Å². The second-order valence-corrected chi connectivity index (χ2v) is 4.93. The van der Waals surface area contributed by atoms with Gasteiger partial charge in [0.1, 0.15) is 6.10 Å². The molecule has 2 N–H and O–H groups in total. The van der Waals surface area contributed by atoms with Crippen LogP contribution in [-0.2, 0) is 6.18 Å². The average molecular weight is 348 g/mol. The van der Waals surface area contributed by atoms with Crippen molar-refractivity contribution in [1.82, 2.24) is 0 Å². The van der Waals surface area contributed by atoms with Crippen LogP contribution in [-0.4, -0.2) is 21.6 Å². The van der Waals surface area contributed by atoms with E-state index in [0.717, 1.165) is 18.2 Å². The molecule has 0 spiro atoms. The minimum Gasteiger partial charge on any atom is -0.390 e. The van der Waals surface area contributed by atoms with E-state index in [1.807, 2.05) is 0 Å². The van der Waals surface area contributed by atoms with Gasteiger partial charge < -0.3 is 10.2 Å². The van der Waals surface area contributed by atoms with Gasteiger partial charge in [0.05, 0.1) is 16.7 Å². The Balaban J connectivity index is 2.97. The maximum atomic E-state index is 12.5. The van der Waals surface area contributed by atoms with Gasteiger partial charge in [-0.2, -0.15) is 13.2 Å². The van der Waals surface area contributed by atoms with Crippen molar-refractivity contribution in [2.45, 2.75) is 24.8 Å². The van der Waals surface area contributed by atoms with E-state index < -0.39 is 29.0 Å².